The Morgan fingerprint density at radius 1 is 1.36 bits per heavy atom. The van der Waals surface area contributed by atoms with Gasteiger partial charge >= 0.3 is 0 Å². The van der Waals surface area contributed by atoms with Gasteiger partial charge in [-0.1, -0.05) is 18.2 Å². The number of hydrogen-bond donors (Lipinski definition) is 1. The maximum atomic E-state index is 7.68. The lowest BCUT2D eigenvalue weighted by Gasteiger charge is -2.04. The lowest BCUT2D eigenvalue weighted by molar-refractivity contribution is 0.785. The van der Waals surface area contributed by atoms with Crippen molar-refractivity contribution in [2.24, 2.45) is 0 Å². The summed E-state index contributed by atoms with van der Waals surface area (Å²) < 4.78 is 7.68. The number of nitrogens with one attached hydrogen (secondary N) is 1. The van der Waals surface area contributed by atoms with Gasteiger partial charge in [-0.25, -0.2) is 0 Å². The van der Waals surface area contributed by atoms with Gasteiger partial charge < -0.3 is 5.32 Å². The van der Waals surface area contributed by atoms with Crippen LogP contribution >= 0.6 is 0 Å². The molecule has 0 aliphatic carbocycles. The highest BCUT2D eigenvalue weighted by molar-refractivity contribution is 5.51. The third-order valence-corrected chi connectivity index (χ3v) is 2.12. The smallest absolute Gasteiger partial charge is 0.0645 e. The molecular formula is C10H13N. The van der Waals surface area contributed by atoms with Crippen molar-refractivity contribution in [3.63, 3.8) is 0 Å². The van der Waals surface area contributed by atoms with E-state index in [9.17, 15) is 0 Å². The average Bonchev–Trinajstić information content (AvgIpc) is 2.30. The van der Waals surface area contributed by atoms with E-state index >= 15 is 0 Å². The summed E-state index contributed by atoms with van der Waals surface area (Å²) in [5.74, 6) is 0. The van der Waals surface area contributed by atoms with E-state index in [0.717, 1.165) is 18.7 Å². The fraction of sp³-hybridized carbons (Fsp3) is 0.400. The highest BCUT2D eigenvalue weighted by Crippen LogP contribution is 2.19. The molecule has 1 aromatic carbocycles. The first-order chi connectivity index (χ1) is 5.88. The van der Waals surface area contributed by atoms with E-state index < -0.39 is 0 Å². The van der Waals surface area contributed by atoms with Crippen LogP contribution in [0, 0.1) is 0 Å². The van der Waals surface area contributed by atoms with Gasteiger partial charge in [0, 0.05) is 12.2 Å². The van der Waals surface area contributed by atoms with Crippen LogP contribution in [0.2, 0.25) is 0 Å². The Balaban J connectivity index is 2.42. The molecule has 0 amide bonds. The second-order valence-corrected chi connectivity index (χ2v) is 2.95. The zero-order valence-electron chi connectivity index (χ0n) is 7.56. The Kier molecular flexibility index (Phi) is 1.51. The summed E-state index contributed by atoms with van der Waals surface area (Å²) in [6.07, 6.45) is 3.58. The Bertz CT molecular complexity index is 283. The Morgan fingerprint density at radius 2 is 2.36 bits per heavy atom. The minimum atomic E-state index is 0.634. The Morgan fingerprint density at radius 3 is 3.36 bits per heavy atom. The molecule has 1 heterocycles. The van der Waals surface area contributed by atoms with Crippen LogP contribution in [0.5, 0.6) is 0 Å². The van der Waals surface area contributed by atoms with E-state index in [4.69, 9.17) is 1.37 Å². The number of aryl methyl sites for hydroxylation is 1. The molecule has 0 radical (unpaired) electrons. The van der Waals surface area contributed by atoms with Crippen molar-refractivity contribution in [1.29, 1.82) is 0 Å². The first-order valence-electron chi connectivity index (χ1n) is 4.70. The summed E-state index contributed by atoms with van der Waals surface area (Å²) in [5.41, 5.74) is 2.36. The van der Waals surface area contributed by atoms with Crippen molar-refractivity contribution >= 4 is 5.69 Å². The van der Waals surface area contributed by atoms with Gasteiger partial charge in [0.25, 0.3) is 0 Å². The molecule has 1 nitrogen and oxygen atoms in total. The van der Waals surface area contributed by atoms with Gasteiger partial charge in [0.2, 0.25) is 0 Å². The molecule has 0 bridgehead atoms. The number of anilines is 1. The molecule has 1 aliphatic heterocycles. The molecule has 0 unspecified atom stereocenters. The zero-order chi connectivity index (χ0) is 8.39. The quantitative estimate of drug-likeness (QED) is 0.596. The number of para-hydroxylation sites is 1. The fourth-order valence-corrected chi connectivity index (χ4v) is 1.50. The monoisotopic (exact) mass is 148 g/mol. The molecule has 0 saturated heterocycles. The molecule has 11 heavy (non-hydrogen) atoms. The Labute approximate surface area is 68.8 Å². The summed E-state index contributed by atoms with van der Waals surface area (Å²) in [4.78, 5) is 0. The van der Waals surface area contributed by atoms with Crippen molar-refractivity contribution in [3.8, 4) is 0 Å². The van der Waals surface area contributed by atoms with Gasteiger partial charge in [-0.3, -0.25) is 0 Å². The molecule has 58 valence electrons. The molecule has 1 aromatic rings. The summed E-state index contributed by atoms with van der Waals surface area (Å²) >= 11 is 0. The summed E-state index contributed by atoms with van der Waals surface area (Å²) in [6.45, 7) is 1.02. The van der Waals surface area contributed by atoms with Crippen LogP contribution in [-0.2, 0) is 6.42 Å². The van der Waals surface area contributed by atoms with Crippen LogP contribution < -0.4 is 5.32 Å². The molecule has 0 saturated carbocycles. The molecule has 1 heteroatoms. The van der Waals surface area contributed by atoms with Crippen molar-refractivity contribution in [1.82, 2.24) is 0 Å². The SMILES string of the molecule is [2H]c1cccc2c1NCCCC2. The lowest BCUT2D eigenvalue weighted by Crippen LogP contribution is -1.98. The van der Waals surface area contributed by atoms with Crippen LogP contribution in [0.3, 0.4) is 0 Å². The molecule has 1 aliphatic rings. The van der Waals surface area contributed by atoms with Crippen molar-refractivity contribution in [2.45, 2.75) is 19.3 Å². The highest BCUT2D eigenvalue weighted by Gasteiger charge is 2.04. The van der Waals surface area contributed by atoms with Gasteiger partial charge in [-0.2, -0.15) is 0 Å². The number of hydrogen-bond acceptors (Lipinski definition) is 1. The van der Waals surface area contributed by atoms with E-state index in [1.165, 1.54) is 18.4 Å². The molecule has 1 N–H and O–H groups in total. The number of rotatable bonds is 0. The molecule has 0 aromatic heterocycles. The predicted molar refractivity (Wildman–Crippen MR) is 47.9 cm³/mol. The van der Waals surface area contributed by atoms with Crippen LogP contribution in [0.15, 0.2) is 24.2 Å². The largest absolute Gasteiger partial charge is 0.385 e. The van der Waals surface area contributed by atoms with E-state index in [-0.39, 0.29) is 0 Å². The topological polar surface area (TPSA) is 12.0 Å². The maximum absolute atomic E-state index is 7.68. The van der Waals surface area contributed by atoms with Crippen LogP contribution in [0.1, 0.15) is 19.8 Å². The van der Waals surface area contributed by atoms with E-state index in [2.05, 4.69) is 11.4 Å². The van der Waals surface area contributed by atoms with Crippen molar-refractivity contribution in [2.75, 3.05) is 11.9 Å². The van der Waals surface area contributed by atoms with E-state index in [1.54, 1.807) is 0 Å². The third kappa shape index (κ3) is 1.37. The Hall–Kier alpha value is -0.980. The average molecular weight is 148 g/mol. The van der Waals surface area contributed by atoms with Gasteiger partial charge in [0.15, 0.2) is 0 Å². The number of benzene rings is 1. The zero-order valence-corrected chi connectivity index (χ0v) is 6.56. The van der Waals surface area contributed by atoms with Crippen LogP contribution in [-0.4, -0.2) is 6.54 Å². The highest BCUT2D eigenvalue weighted by atomic mass is 14.9. The first kappa shape index (κ1) is 5.64. The van der Waals surface area contributed by atoms with Gasteiger partial charge in [0.05, 0.1) is 1.37 Å². The van der Waals surface area contributed by atoms with Gasteiger partial charge in [-0.05, 0) is 30.9 Å². The van der Waals surface area contributed by atoms with Crippen molar-refractivity contribution < 1.29 is 1.37 Å². The molecule has 0 atom stereocenters. The summed E-state index contributed by atoms with van der Waals surface area (Å²) in [6, 6.07) is 6.56. The standard InChI is InChI=1S/C10H13N/c1-2-7-10-9(5-1)6-3-4-8-11-10/h1-2,5,7,11H,3-4,6,8H2/i7D. The summed E-state index contributed by atoms with van der Waals surface area (Å²) in [7, 11) is 0. The third-order valence-electron chi connectivity index (χ3n) is 2.12. The van der Waals surface area contributed by atoms with E-state index in [0.29, 0.717) is 6.04 Å². The molecule has 2 rings (SSSR count). The minimum absolute atomic E-state index is 0.634. The number of fused-ring (bicyclic) bond motifs is 1. The molecular weight excluding hydrogens is 134 g/mol. The predicted octanol–water partition coefficient (Wildman–Crippen LogP) is 2.43. The minimum Gasteiger partial charge on any atom is -0.385 e. The van der Waals surface area contributed by atoms with Crippen LogP contribution in [0.4, 0.5) is 5.69 Å². The van der Waals surface area contributed by atoms with E-state index in [1.807, 2.05) is 12.1 Å². The summed E-state index contributed by atoms with van der Waals surface area (Å²) in [5, 5.41) is 3.31. The molecule has 0 fully saturated rings. The van der Waals surface area contributed by atoms with Gasteiger partial charge in [0.1, 0.15) is 0 Å². The second kappa shape index (κ2) is 2.95. The lowest BCUT2D eigenvalue weighted by atomic mass is 10.1. The molecule has 0 spiro atoms. The van der Waals surface area contributed by atoms with Crippen molar-refractivity contribution in [3.05, 3.63) is 29.8 Å². The van der Waals surface area contributed by atoms with Crippen LogP contribution in [0.25, 0.3) is 0 Å². The first-order valence-corrected chi connectivity index (χ1v) is 4.20. The normalized spacial score (nSPS) is 17.6. The maximum Gasteiger partial charge on any atom is 0.0645 e. The second-order valence-electron chi connectivity index (χ2n) is 2.95. The fourth-order valence-electron chi connectivity index (χ4n) is 1.50. The van der Waals surface area contributed by atoms with Gasteiger partial charge in [-0.15, -0.1) is 0 Å².